The Morgan fingerprint density at radius 3 is 2.41 bits per heavy atom. The number of benzene rings is 1. The topological polar surface area (TPSA) is 34.1 Å². The molecule has 2 nitrogen and oxygen atoms in total. The number of sulfone groups is 1. The summed E-state index contributed by atoms with van der Waals surface area (Å²) in [6.45, 7) is 4.03. The molecule has 0 spiro atoms. The monoisotopic (exact) mass is 248 g/mol. The largest absolute Gasteiger partial charge is 0.223 e. The molecule has 3 rings (SSSR count). The zero-order valence-electron chi connectivity index (χ0n) is 9.67. The molecule has 3 heteroatoms. The molecule has 17 heavy (non-hydrogen) atoms. The Balaban J connectivity index is 2.03. The standard InChI is InChI=1S/C14H16O2S/c1-10-11-7-8-12(9-11)14(10)17(15,16)13-5-3-2-4-6-13/h2-6,11-12,14H,1,7-9H2/t11-,12+,14-/m1/s1. The fourth-order valence-corrected chi connectivity index (χ4v) is 5.55. The Labute approximate surface area is 102 Å². The van der Waals surface area contributed by atoms with E-state index in [1.165, 1.54) is 0 Å². The molecule has 1 aromatic carbocycles. The average Bonchev–Trinajstić information content (AvgIpc) is 2.90. The van der Waals surface area contributed by atoms with Gasteiger partial charge in [-0.3, -0.25) is 0 Å². The summed E-state index contributed by atoms with van der Waals surface area (Å²) in [4.78, 5) is 0.443. The molecule has 90 valence electrons. The molecular weight excluding hydrogens is 232 g/mol. The second-order valence-electron chi connectivity index (χ2n) is 5.12. The Hall–Kier alpha value is -1.09. The van der Waals surface area contributed by atoms with E-state index >= 15 is 0 Å². The molecule has 2 bridgehead atoms. The van der Waals surface area contributed by atoms with Gasteiger partial charge in [-0.05, 0) is 43.2 Å². The molecular formula is C14H16O2S. The molecule has 0 N–H and O–H groups in total. The molecule has 2 saturated carbocycles. The highest BCUT2D eigenvalue weighted by atomic mass is 32.2. The number of hydrogen-bond acceptors (Lipinski definition) is 2. The van der Waals surface area contributed by atoms with Crippen LogP contribution in [0.2, 0.25) is 0 Å². The van der Waals surface area contributed by atoms with E-state index < -0.39 is 9.84 Å². The van der Waals surface area contributed by atoms with Gasteiger partial charge in [0.25, 0.3) is 0 Å². The normalized spacial score (nSPS) is 32.0. The first-order valence-electron chi connectivity index (χ1n) is 6.08. The molecule has 0 heterocycles. The Morgan fingerprint density at radius 2 is 1.82 bits per heavy atom. The Morgan fingerprint density at radius 1 is 1.12 bits per heavy atom. The summed E-state index contributed by atoms with van der Waals surface area (Å²) in [7, 11) is -3.22. The van der Waals surface area contributed by atoms with E-state index in [9.17, 15) is 8.42 Å². The lowest BCUT2D eigenvalue weighted by molar-refractivity contribution is 0.523. The van der Waals surface area contributed by atoms with Gasteiger partial charge in [0.2, 0.25) is 0 Å². The van der Waals surface area contributed by atoms with E-state index in [2.05, 4.69) is 6.58 Å². The smallest absolute Gasteiger partial charge is 0.185 e. The van der Waals surface area contributed by atoms with Crippen LogP contribution in [0.1, 0.15) is 19.3 Å². The first-order valence-corrected chi connectivity index (χ1v) is 7.63. The lowest BCUT2D eigenvalue weighted by Gasteiger charge is -2.24. The van der Waals surface area contributed by atoms with Crippen LogP contribution in [-0.4, -0.2) is 13.7 Å². The van der Waals surface area contributed by atoms with E-state index in [-0.39, 0.29) is 5.25 Å². The quantitative estimate of drug-likeness (QED) is 0.754. The molecule has 2 aliphatic rings. The van der Waals surface area contributed by atoms with Crippen LogP contribution in [-0.2, 0) is 9.84 Å². The van der Waals surface area contributed by atoms with Gasteiger partial charge in [0.1, 0.15) is 0 Å². The number of hydrogen-bond donors (Lipinski definition) is 0. The lowest BCUT2D eigenvalue weighted by Crippen LogP contribution is -2.29. The van der Waals surface area contributed by atoms with Crippen LogP contribution in [0.3, 0.4) is 0 Å². The maximum Gasteiger partial charge on any atom is 0.185 e. The molecule has 1 aromatic rings. The first-order chi connectivity index (χ1) is 8.10. The number of rotatable bonds is 2. The Bertz CT molecular complexity index is 545. The van der Waals surface area contributed by atoms with Crippen LogP contribution in [0.5, 0.6) is 0 Å². The van der Waals surface area contributed by atoms with Crippen molar-refractivity contribution in [3.05, 3.63) is 42.5 Å². The molecule has 0 aromatic heterocycles. The molecule has 0 amide bonds. The second-order valence-corrected chi connectivity index (χ2v) is 7.19. The van der Waals surface area contributed by atoms with Gasteiger partial charge in [-0.15, -0.1) is 0 Å². The first kappa shape index (κ1) is 11.0. The van der Waals surface area contributed by atoms with Crippen molar-refractivity contribution in [2.24, 2.45) is 11.8 Å². The molecule has 3 atom stereocenters. The van der Waals surface area contributed by atoms with Crippen molar-refractivity contribution in [3.63, 3.8) is 0 Å². The Kier molecular flexibility index (Phi) is 2.40. The summed E-state index contributed by atoms with van der Waals surface area (Å²) in [6, 6.07) is 8.78. The highest BCUT2D eigenvalue weighted by Gasteiger charge is 2.49. The van der Waals surface area contributed by atoms with Crippen molar-refractivity contribution in [2.45, 2.75) is 29.4 Å². The SMILES string of the molecule is C=C1[C@@H]2CC[C@@H](C2)[C@@H]1S(=O)(=O)c1ccccc1. The zero-order valence-corrected chi connectivity index (χ0v) is 10.5. The van der Waals surface area contributed by atoms with Gasteiger partial charge >= 0.3 is 0 Å². The van der Waals surface area contributed by atoms with Gasteiger partial charge in [-0.25, -0.2) is 8.42 Å². The minimum absolute atomic E-state index is 0.303. The summed E-state index contributed by atoms with van der Waals surface area (Å²) in [5.41, 5.74) is 0.949. The summed E-state index contributed by atoms with van der Waals surface area (Å²) in [6.07, 6.45) is 3.19. The summed E-state index contributed by atoms with van der Waals surface area (Å²) >= 11 is 0. The number of fused-ring (bicyclic) bond motifs is 2. The zero-order chi connectivity index (χ0) is 12.0. The van der Waals surface area contributed by atoms with Gasteiger partial charge in [-0.2, -0.15) is 0 Å². The van der Waals surface area contributed by atoms with Crippen molar-refractivity contribution in [1.82, 2.24) is 0 Å². The van der Waals surface area contributed by atoms with E-state index in [1.54, 1.807) is 24.3 Å². The van der Waals surface area contributed by atoms with Crippen LogP contribution in [0, 0.1) is 11.8 Å². The molecule has 2 aliphatic carbocycles. The van der Waals surface area contributed by atoms with Gasteiger partial charge < -0.3 is 0 Å². The lowest BCUT2D eigenvalue weighted by atomic mass is 9.96. The van der Waals surface area contributed by atoms with Crippen LogP contribution in [0.25, 0.3) is 0 Å². The molecule has 2 fully saturated rings. The van der Waals surface area contributed by atoms with Crippen LogP contribution in [0.4, 0.5) is 0 Å². The predicted octanol–water partition coefficient (Wildman–Crippen LogP) is 2.82. The van der Waals surface area contributed by atoms with Crippen molar-refractivity contribution in [3.8, 4) is 0 Å². The highest BCUT2D eigenvalue weighted by molar-refractivity contribution is 7.92. The van der Waals surface area contributed by atoms with Crippen LogP contribution < -0.4 is 0 Å². The van der Waals surface area contributed by atoms with E-state index in [4.69, 9.17) is 0 Å². The van der Waals surface area contributed by atoms with E-state index in [1.807, 2.05) is 6.07 Å². The van der Waals surface area contributed by atoms with Crippen LogP contribution in [0.15, 0.2) is 47.4 Å². The predicted molar refractivity (Wildman–Crippen MR) is 67.4 cm³/mol. The fraction of sp³-hybridized carbons (Fsp3) is 0.429. The van der Waals surface area contributed by atoms with Gasteiger partial charge in [-0.1, -0.05) is 30.4 Å². The highest BCUT2D eigenvalue weighted by Crippen LogP contribution is 2.51. The maximum atomic E-state index is 12.6. The molecule has 0 aliphatic heterocycles. The van der Waals surface area contributed by atoms with Crippen molar-refractivity contribution in [2.75, 3.05) is 0 Å². The van der Waals surface area contributed by atoms with Gasteiger partial charge in [0, 0.05) is 0 Å². The molecule has 0 saturated heterocycles. The third kappa shape index (κ3) is 1.56. The maximum absolute atomic E-state index is 12.6. The molecule has 0 radical (unpaired) electrons. The second kappa shape index (κ2) is 3.70. The summed E-state index contributed by atoms with van der Waals surface area (Å²) in [5, 5.41) is -0.330. The van der Waals surface area contributed by atoms with Crippen molar-refractivity contribution < 1.29 is 8.42 Å². The van der Waals surface area contributed by atoms with Crippen molar-refractivity contribution >= 4 is 9.84 Å². The minimum Gasteiger partial charge on any atom is -0.223 e. The van der Waals surface area contributed by atoms with E-state index in [0.717, 1.165) is 24.8 Å². The van der Waals surface area contributed by atoms with Crippen LogP contribution >= 0.6 is 0 Å². The van der Waals surface area contributed by atoms with Gasteiger partial charge in [0.05, 0.1) is 10.1 Å². The van der Waals surface area contributed by atoms with Gasteiger partial charge in [0.15, 0.2) is 9.84 Å². The molecule has 0 unspecified atom stereocenters. The van der Waals surface area contributed by atoms with E-state index in [0.29, 0.717) is 16.7 Å². The average molecular weight is 248 g/mol. The third-order valence-electron chi connectivity index (χ3n) is 4.20. The minimum atomic E-state index is -3.22. The summed E-state index contributed by atoms with van der Waals surface area (Å²) in [5.74, 6) is 0.751. The fourth-order valence-electron chi connectivity index (χ4n) is 3.37. The van der Waals surface area contributed by atoms with Crippen molar-refractivity contribution in [1.29, 1.82) is 0 Å². The summed E-state index contributed by atoms with van der Waals surface area (Å²) < 4.78 is 25.1. The third-order valence-corrected chi connectivity index (χ3v) is 6.48.